The molecule has 3 aromatic rings. The summed E-state index contributed by atoms with van der Waals surface area (Å²) in [4.78, 5) is 3.05. The maximum atomic E-state index is 3.05. The van der Waals surface area contributed by atoms with Crippen molar-refractivity contribution in [3.05, 3.63) is 78.9 Å². The largest absolute Gasteiger partial charge is 1.00 e. The van der Waals surface area contributed by atoms with Crippen molar-refractivity contribution < 1.29 is 34.4 Å². The Balaban J connectivity index is 0.00000144. The first-order valence-electron chi connectivity index (χ1n) is 7.63. The van der Waals surface area contributed by atoms with Crippen LogP contribution in [-0.4, -0.2) is 0 Å². The smallest absolute Gasteiger partial charge is 0.210 e. The van der Waals surface area contributed by atoms with Gasteiger partial charge in [-0.05, 0) is 22.1 Å². The SMILES string of the molecule is CC(C)(C)c1ccc(-[n+]2ccc(-c3cc[nH+]cc3)cc2)cc1.[Cl-].[Cl-]. The number of halogens is 2. The Hall–Kier alpha value is -1.90. The fourth-order valence-corrected chi connectivity index (χ4v) is 2.50. The molecule has 0 unspecified atom stereocenters. The van der Waals surface area contributed by atoms with Crippen molar-refractivity contribution in [1.82, 2.24) is 0 Å². The van der Waals surface area contributed by atoms with Gasteiger partial charge in [0.15, 0.2) is 24.8 Å². The number of benzene rings is 1. The Kier molecular flexibility index (Phi) is 6.94. The van der Waals surface area contributed by atoms with E-state index < -0.39 is 0 Å². The van der Waals surface area contributed by atoms with E-state index in [2.05, 4.69) is 91.2 Å². The van der Waals surface area contributed by atoms with Gasteiger partial charge < -0.3 is 24.8 Å². The molecule has 1 aromatic carbocycles. The predicted molar refractivity (Wildman–Crippen MR) is 88.7 cm³/mol. The monoisotopic (exact) mass is 360 g/mol. The van der Waals surface area contributed by atoms with E-state index >= 15 is 0 Å². The Morgan fingerprint density at radius 2 is 1.21 bits per heavy atom. The Morgan fingerprint density at radius 3 is 1.71 bits per heavy atom. The van der Waals surface area contributed by atoms with Crippen molar-refractivity contribution in [1.29, 1.82) is 0 Å². The summed E-state index contributed by atoms with van der Waals surface area (Å²) < 4.78 is 2.14. The number of pyridine rings is 2. The zero-order valence-electron chi connectivity index (χ0n) is 14.1. The lowest BCUT2D eigenvalue weighted by Gasteiger charge is -2.18. The minimum atomic E-state index is 0. The number of hydrogen-bond donors (Lipinski definition) is 0. The van der Waals surface area contributed by atoms with E-state index in [9.17, 15) is 0 Å². The third-order valence-electron chi connectivity index (χ3n) is 3.91. The molecule has 0 bridgehead atoms. The lowest BCUT2D eigenvalue weighted by molar-refractivity contribution is -0.595. The van der Waals surface area contributed by atoms with Gasteiger partial charge in [-0.15, -0.1) is 0 Å². The van der Waals surface area contributed by atoms with Crippen molar-refractivity contribution in [2.75, 3.05) is 0 Å². The summed E-state index contributed by atoms with van der Waals surface area (Å²) in [5.41, 5.74) is 5.16. The molecule has 0 saturated heterocycles. The fourth-order valence-electron chi connectivity index (χ4n) is 2.50. The van der Waals surface area contributed by atoms with Crippen LogP contribution in [0.3, 0.4) is 0 Å². The summed E-state index contributed by atoms with van der Waals surface area (Å²) in [6, 6.07) is 17.2. The second-order valence-corrected chi connectivity index (χ2v) is 6.58. The first kappa shape index (κ1) is 20.1. The highest BCUT2D eigenvalue weighted by atomic mass is 35.5. The molecule has 1 N–H and O–H groups in total. The van der Waals surface area contributed by atoms with Crippen molar-refractivity contribution in [3.8, 4) is 16.8 Å². The van der Waals surface area contributed by atoms with Gasteiger partial charge in [0.25, 0.3) is 0 Å². The van der Waals surface area contributed by atoms with Crippen molar-refractivity contribution in [3.63, 3.8) is 0 Å². The van der Waals surface area contributed by atoms with Gasteiger partial charge in [0.1, 0.15) is 0 Å². The molecule has 126 valence electrons. The molecule has 0 aliphatic rings. The van der Waals surface area contributed by atoms with Gasteiger partial charge in [0, 0.05) is 36.4 Å². The molecule has 3 rings (SSSR count). The molecule has 2 nitrogen and oxygen atoms in total. The van der Waals surface area contributed by atoms with Crippen LogP contribution < -0.4 is 34.4 Å². The number of hydrogen-bond acceptors (Lipinski definition) is 0. The molecule has 0 atom stereocenters. The Morgan fingerprint density at radius 1 is 0.708 bits per heavy atom. The van der Waals surface area contributed by atoms with Gasteiger partial charge in [-0.1, -0.05) is 32.9 Å². The van der Waals surface area contributed by atoms with Crippen molar-refractivity contribution >= 4 is 0 Å². The molecule has 0 spiro atoms. The molecule has 0 radical (unpaired) electrons. The number of aromatic nitrogens is 2. The van der Waals surface area contributed by atoms with Crippen LogP contribution in [0.25, 0.3) is 16.8 Å². The fraction of sp³-hybridized carbons (Fsp3) is 0.200. The Labute approximate surface area is 156 Å². The van der Waals surface area contributed by atoms with Gasteiger partial charge in [-0.3, -0.25) is 0 Å². The topological polar surface area (TPSA) is 18.0 Å². The Bertz CT molecular complexity index is 746. The summed E-state index contributed by atoms with van der Waals surface area (Å²) in [6.07, 6.45) is 8.11. The molecule has 0 aliphatic heterocycles. The minimum Gasteiger partial charge on any atom is -1.00 e. The lowest BCUT2D eigenvalue weighted by Crippen LogP contribution is -3.00. The number of aromatic amines is 1. The van der Waals surface area contributed by atoms with Crippen LogP contribution >= 0.6 is 0 Å². The van der Waals surface area contributed by atoms with E-state index in [1.165, 1.54) is 22.4 Å². The quantitative estimate of drug-likeness (QED) is 0.459. The predicted octanol–water partition coefficient (Wildman–Crippen LogP) is -2.25. The van der Waals surface area contributed by atoms with Crippen LogP contribution in [0.5, 0.6) is 0 Å². The van der Waals surface area contributed by atoms with Gasteiger partial charge >= 0.3 is 0 Å². The van der Waals surface area contributed by atoms with E-state index in [-0.39, 0.29) is 30.2 Å². The maximum Gasteiger partial charge on any atom is 0.210 e. The standard InChI is InChI=1S/C20H21N2.2ClH/c1-20(2,3)18-4-6-19(7-5-18)22-14-10-17(11-15-22)16-8-12-21-13-9-16;;/h4-15H,1-3H3;2*1H/q+1;;/p-1. The molecular formula is C20H22Cl2N2. The van der Waals surface area contributed by atoms with Crippen LogP contribution in [0.2, 0.25) is 0 Å². The molecule has 4 heteroatoms. The first-order chi connectivity index (χ1) is 10.5. The van der Waals surface area contributed by atoms with E-state index in [1.807, 2.05) is 12.4 Å². The van der Waals surface area contributed by atoms with Gasteiger partial charge in [-0.25, -0.2) is 4.98 Å². The summed E-state index contributed by atoms with van der Waals surface area (Å²) in [7, 11) is 0. The molecule has 2 aromatic heterocycles. The number of nitrogens with one attached hydrogen (secondary N) is 1. The van der Waals surface area contributed by atoms with E-state index in [0.29, 0.717) is 0 Å². The maximum absolute atomic E-state index is 3.05. The zero-order valence-corrected chi connectivity index (χ0v) is 15.6. The number of H-pyrrole nitrogens is 1. The highest BCUT2D eigenvalue weighted by Crippen LogP contribution is 2.22. The van der Waals surface area contributed by atoms with Crippen LogP contribution in [0.15, 0.2) is 73.3 Å². The zero-order chi connectivity index (χ0) is 15.6. The lowest BCUT2D eigenvalue weighted by atomic mass is 9.87. The summed E-state index contributed by atoms with van der Waals surface area (Å²) in [5, 5.41) is 0. The summed E-state index contributed by atoms with van der Waals surface area (Å²) >= 11 is 0. The van der Waals surface area contributed by atoms with Gasteiger partial charge in [-0.2, -0.15) is 4.57 Å². The normalized spacial score (nSPS) is 10.5. The average Bonchev–Trinajstić information content (AvgIpc) is 2.55. The van der Waals surface area contributed by atoms with E-state index in [0.717, 1.165) is 0 Å². The van der Waals surface area contributed by atoms with Gasteiger partial charge in [0.2, 0.25) is 5.69 Å². The molecule has 0 amide bonds. The highest BCUT2D eigenvalue weighted by Gasteiger charge is 2.14. The van der Waals surface area contributed by atoms with E-state index in [1.54, 1.807) is 0 Å². The summed E-state index contributed by atoms with van der Waals surface area (Å²) in [6.45, 7) is 6.71. The highest BCUT2D eigenvalue weighted by molar-refractivity contribution is 5.61. The third kappa shape index (κ3) is 4.56. The summed E-state index contributed by atoms with van der Waals surface area (Å²) in [5.74, 6) is 0. The van der Waals surface area contributed by atoms with E-state index in [4.69, 9.17) is 0 Å². The van der Waals surface area contributed by atoms with Crippen LogP contribution in [0.4, 0.5) is 0 Å². The molecule has 0 fully saturated rings. The van der Waals surface area contributed by atoms with Gasteiger partial charge in [0.05, 0.1) is 0 Å². The van der Waals surface area contributed by atoms with Crippen LogP contribution in [0, 0.1) is 0 Å². The molecular weight excluding hydrogens is 339 g/mol. The van der Waals surface area contributed by atoms with Crippen LogP contribution in [-0.2, 0) is 5.41 Å². The minimum absolute atomic E-state index is 0. The number of rotatable bonds is 2. The van der Waals surface area contributed by atoms with Crippen LogP contribution in [0.1, 0.15) is 26.3 Å². The second-order valence-electron chi connectivity index (χ2n) is 6.58. The van der Waals surface area contributed by atoms with Crippen molar-refractivity contribution in [2.45, 2.75) is 26.2 Å². The molecule has 2 heterocycles. The molecule has 0 saturated carbocycles. The average molecular weight is 361 g/mol. The second kappa shape index (κ2) is 8.27. The number of nitrogens with zero attached hydrogens (tertiary/aromatic N) is 1. The first-order valence-corrected chi connectivity index (χ1v) is 7.63. The van der Waals surface area contributed by atoms with Crippen molar-refractivity contribution in [2.24, 2.45) is 0 Å². The molecule has 24 heavy (non-hydrogen) atoms. The third-order valence-corrected chi connectivity index (χ3v) is 3.91. The molecule has 0 aliphatic carbocycles.